The minimum atomic E-state index is 0.430. The first-order valence-electron chi connectivity index (χ1n) is 7.06. The lowest BCUT2D eigenvalue weighted by atomic mass is 9.84. The van der Waals surface area contributed by atoms with Gasteiger partial charge < -0.3 is 5.32 Å². The summed E-state index contributed by atoms with van der Waals surface area (Å²) in [6.45, 7) is 6.46. The van der Waals surface area contributed by atoms with E-state index in [-0.39, 0.29) is 0 Å². The number of rotatable bonds is 5. The van der Waals surface area contributed by atoms with Gasteiger partial charge in [-0.05, 0) is 30.2 Å². The smallest absolute Gasteiger partial charge is 0.156 e. The van der Waals surface area contributed by atoms with Crippen molar-refractivity contribution in [1.29, 1.82) is 0 Å². The van der Waals surface area contributed by atoms with Gasteiger partial charge >= 0.3 is 0 Å². The van der Waals surface area contributed by atoms with E-state index in [4.69, 9.17) is 4.99 Å². The molecule has 0 unspecified atom stereocenters. The molecular weight excluding hydrogens is 256 g/mol. The maximum Gasteiger partial charge on any atom is 0.156 e. The molecule has 2 heterocycles. The lowest BCUT2D eigenvalue weighted by Gasteiger charge is -2.33. The molecular formula is C14H24N4S. The van der Waals surface area contributed by atoms with Gasteiger partial charge in [0.05, 0.1) is 6.20 Å². The molecule has 1 aliphatic heterocycles. The second-order valence-corrected chi connectivity index (χ2v) is 6.28. The lowest BCUT2D eigenvalue weighted by Crippen LogP contribution is -2.35. The third kappa shape index (κ3) is 3.75. The molecule has 0 atom stereocenters. The van der Waals surface area contributed by atoms with E-state index >= 15 is 0 Å². The van der Waals surface area contributed by atoms with Crippen LogP contribution in [0.3, 0.4) is 0 Å². The summed E-state index contributed by atoms with van der Waals surface area (Å²) >= 11 is 1.88. The van der Waals surface area contributed by atoms with E-state index in [2.05, 4.69) is 30.5 Å². The molecule has 2 rings (SSSR count). The quantitative estimate of drug-likeness (QED) is 0.901. The maximum atomic E-state index is 4.71. The van der Waals surface area contributed by atoms with Crippen molar-refractivity contribution in [3.8, 4) is 0 Å². The van der Waals surface area contributed by atoms with Crippen LogP contribution in [0.15, 0.2) is 17.4 Å². The summed E-state index contributed by atoms with van der Waals surface area (Å²) in [7, 11) is 1.95. The number of aromatic nitrogens is 2. The molecule has 0 spiro atoms. The van der Waals surface area contributed by atoms with Crippen LogP contribution in [0.4, 0.5) is 0 Å². The van der Waals surface area contributed by atoms with Crippen LogP contribution in [0.1, 0.15) is 32.3 Å². The third-order valence-corrected chi connectivity index (χ3v) is 5.32. The Morgan fingerprint density at radius 1 is 1.42 bits per heavy atom. The van der Waals surface area contributed by atoms with Crippen molar-refractivity contribution in [2.45, 2.75) is 33.1 Å². The lowest BCUT2D eigenvalue weighted by molar-refractivity contribution is 0.318. The normalized spacial score (nSPS) is 18.2. The number of nitrogens with one attached hydrogen (secondary N) is 1. The summed E-state index contributed by atoms with van der Waals surface area (Å²) in [5.41, 5.74) is 1.70. The van der Waals surface area contributed by atoms with Crippen molar-refractivity contribution in [2.24, 2.45) is 17.5 Å². The number of hydrogen-bond donors (Lipinski definition) is 1. The van der Waals surface area contributed by atoms with Crippen molar-refractivity contribution >= 4 is 16.9 Å². The molecule has 0 aliphatic carbocycles. The van der Waals surface area contributed by atoms with E-state index in [0.29, 0.717) is 5.41 Å². The molecule has 0 bridgehead atoms. The Morgan fingerprint density at radius 3 is 2.74 bits per heavy atom. The average molecular weight is 280 g/mol. The van der Waals surface area contributed by atoms with Gasteiger partial charge in [-0.3, -0.25) is 9.67 Å². The predicted molar refractivity (Wildman–Crippen MR) is 82.7 cm³/mol. The summed E-state index contributed by atoms with van der Waals surface area (Å²) in [4.78, 5) is 4.71. The van der Waals surface area contributed by atoms with Gasteiger partial charge in [0.1, 0.15) is 0 Å². The highest BCUT2D eigenvalue weighted by Gasteiger charge is 2.29. The predicted octanol–water partition coefficient (Wildman–Crippen LogP) is 2.46. The topological polar surface area (TPSA) is 42.2 Å². The van der Waals surface area contributed by atoms with Gasteiger partial charge in [-0.2, -0.15) is 5.10 Å². The minimum absolute atomic E-state index is 0.430. The van der Waals surface area contributed by atoms with Crippen molar-refractivity contribution in [1.82, 2.24) is 15.1 Å². The van der Waals surface area contributed by atoms with Crippen molar-refractivity contribution in [2.75, 3.05) is 18.8 Å². The van der Waals surface area contributed by atoms with Crippen LogP contribution in [-0.4, -0.2) is 33.8 Å². The number of thioether (sulfide) groups is 1. The van der Waals surface area contributed by atoms with Gasteiger partial charge in [0.25, 0.3) is 0 Å². The van der Waals surface area contributed by atoms with Crippen LogP contribution in [0.2, 0.25) is 0 Å². The highest BCUT2D eigenvalue weighted by atomic mass is 32.2. The minimum Gasteiger partial charge on any atom is -0.365 e. The molecule has 4 nitrogen and oxygen atoms in total. The van der Waals surface area contributed by atoms with E-state index in [1.807, 2.05) is 29.7 Å². The van der Waals surface area contributed by atoms with Gasteiger partial charge in [-0.15, -0.1) is 0 Å². The molecule has 1 aliphatic rings. The Labute approximate surface area is 120 Å². The first-order valence-corrected chi connectivity index (χ1v) is 8.04. The van der Waals surface area contributed by atoms with E-state index in [0.717, 1.165) is 24.7 Å². The summed E-state index contributed by atoms with van der Waals surface area (Å²) in [5, 5.41) is 8.73. The largest absolute Gasteiger partial charge is 0.365 e. The molecule has 19 heavy (non-hydrogen) atoms. The molecule has 0 saturated carbocycles. The van der Waals surface area contributed by atoms with Crippen LogP contribution < -0.4 is 5.32 Å². The van der Waals surface area contributed by atoms with Crippen LogP contribution in [0, 0.1) is 5.41 Å². The van der Waals surface area contributed by atoms with Gasteiger partial charge in [-0.25, -0.2) is 0 Å². The number of aryl methyl sites for hydroxylation is 1. The average Bonchev–Trinajstić information content (AvgIpc) is 2.86. The molecule has 1 aromatic rings. The number of hydrogen-bond acceptors (Lipinski definition) is 4. The van der Waals surface area contributed by atoms with E-state index in [1.54, 1.807) is 0 Å². The fourth-order valence-electron chi connectivity index (χ4n) is 2.25. The highest BCUT2D eigenvalue weighted by Crippen LogP contribution is 2.34. The molecule has 0 amide bonds. The summed E-state index contributed by atoms with van der Waals surface area (Å²) in [6, 6.07) is 0. The van der Waals surface area contributed by atoms with Crippen molar-refractivity contribution < 1.29 is 0 Å². The Morgan fingerprint density at radius 2 is 2.21 bits per heavy atom. The Bertz CT molecular complexity index is 434. The molecule has 0 aromatic carbocycles. The Balaban J connectivity index is 1.77. The van der Waals surface area contributed by atoms with Gasteiger partial charge in [0.2, 0.25) is 0 Å². The molecule has 0 radical (unpaired) electrons. The number of aliphatic imine (C=N–C) groups is 1. The van der Waals surface area contributed by atoms with E-state index in [9.17, 15) is 0 Å². The number of nitrogens with zero attached hydrogens (tertiary/aromatic N) is 3. The first-order chi connectivity index (χ1) is 9.17. The Kier molecular flexibility index (Phi) is 4.91. The zero-order chi connectivity index (χ0) is 13.7. The van der Waals surface area contributed by atoms with Crippen molar-refractivity contribution in [3.63, 3.8) is 0 Å². The molecule has 106 valence electrons. The standard InChI is InChI=1S/C14H24N4S/c1-4-14(5-2)10-16-13(19-11-14)15-7-6-12-8-17-18(3)9-12/h8-9H,4-7,10-11H2,1-3H3,(H,15,16). The zero-order valence-electron chi connectivity index (χ0n) is 12.1. The maximum absolute atomic E-state index is 4.71. The van der Waals surface area contributed by atoms with Crippen LogP contribution in [0.25, 0.3) is 0 Å². The summed E-state index contributed by atoms with van der Waals surface area (Å²) in [5.74, 6) is 1.19. The number of amidine groups is 1. The van der Waals surface area contributed by atoms with Crippen LogP contribution in [-0.2, 0) is 13.5 Å². The SMILES string of the molecule is CCC1(CC)CN=C(NCCc2cnn(C)c2)SC1. The van der Waals surface area contributed by atoms with Gasteiger partial charge in [0.15, 0.2) is 5.17 Å². The Hall–Kier alpha value is -0.970. The molecule has 0 saturated heterocycles. The second kappa shape index (κ2) is 6.46. The highest BCUT2D eigenvalue weighted by molar-refractivity contribution is 8.13. The molecule has 1 N–H and O–H groups in total. The van der Waals surface area contributed by atoms with E-state index in [1.165, 1.54) is 24.2 Å². The van der Waals surface area contributed by atoms with Gasteiger partial charge in [-0.1, -0.05) is 25.6 Å². The van der Waals surface area contributed by atoms with Crippen LogP contribution in [0.5, 0.6) is 0 Å². The van der Waals surface area contributed by atoms with Gasteiger partial charge in [0, 0.05) is 32.1 Å². The second-order valence-electron chi connectivity index (χ2n) is 5.32. The third-order valence-electron chi connectivity index (χ3n) is 4.02. The fraction of sp³-hybridized carbons (Fsp3) is 0.714. The molecule has 5 heteroatoms. The zero-order valence-corrected chi connectivity index (χ0v) is 13.0. The molecule has 1 aromatic heterocycles. The van der Waals surface area contributed by atoms with E-state index < -0.39 is 0 Å². The first kappa shape index (κ1) is 14.4. The summed E-state index contributed by atoms with van der Waals surface area (Å²) in [6.07, 6.45) is 7.44. The monoisotopic (exact) mass is 280 g/mol. The molecule has 0 fully saturated rings. The summed E-state index contributed by atoms with van der Waals surface area (Å²) < 4.78 is 1.85. The van der Waals surface area contributed by atoms with Crippen molar-refractivity contribution in [3.05, 3.63) is 18.0 Å². The fourth-order valence-corrected chi connectivity index (χ4v) is 3.55. The van der Waals surface area contributed by atoms with Crippen LogP contribution >= 0.6 is 11.8 Å².